The molecule has 0 unspecified atom stereocenters. The molecule has 5 heteroatoms. The van der Waals surface area contributed by atoms with Crippen LogP contribution in [0.1, 0.15) is 61.2 Å². The third-order valence-corrected chi connectivity index (χ3v) is 10.7. The Bertz CT molecular complexity index is 2170. The molecular formula is C43H39N5. The number of benzene rings is 5. The van der Waals surface area contributed by atoms with Crippen molar-refractivity contribution in [3.63, 3.8) is 0 Å². The van der Waals surface area contributed by atoms with Crippen molar-refractivity contribution in [2.45, 2.75) is 61.8 Å². The van der Waals surface area contributed by atoms with Crippen LogP contribution in [0.4, 0.5) is 17.1 Å². The molecular weight excluding hydrogens is 587 g/mol. The van der Waals surface area contributed by atoms with Crippen molar-refractivity contribution in [2.75, 3.05) is 4.90 Å². The maximum atomic E-state index is 10.4. The summed E-state index contributed by atoms with van der Waals surface area (Å²) in [7, 11) is 0. The highest BCUT2D eigenvalue weighted by Crippen LogP contribution is 2.52. The van der Waals surface area contributed by atoms with Crippen molar-refractivity contribution in [3.05, 3.63) is 140 Å². The van der Waals surface area contributed by atoms with Gasteiger partial charge in [0.25, 0.3) is 0 Å². The highest BCUT2D eigenvalue weighted by molar-refractivity contribution is 5.91. The van der Waals surface area contributed by atoms with E-state index in [9.17, 15) is 5.26 Å². The summed E-state index contributed by atoms with van der Waals surface area (Å²) in [6.45, 7) is 18.0. The Morgan fingerprint density at radius 3 is 1.42 bits per heavy atom. The number of nitrogens with zero attached hydrogens (tertiary/aromatic N) is 5. The molecule has 0 N–H and O–H groups in total. The van der Waals surface area contributed by atoms with Gasteiger partial charge in [-0.2, -0.15) is 5.26 Å². The van der Waals surface area contributed by atoms with Crippen molar-refractivity contribution in [3.8, 4) is 40.2 Å². The molecule has 0 amide bonds. The van der Waals surface area contributed by atoms with Gasteiger partial charge in [0.1, 0.15) is 0 Å². The Kier molecular flexibility index (Phi) is 7.68. The highest BCUT2D eigenvalue weighted by Gasteiger charge is 2.33. The van der Waals surface area contributed by atoms with Crippen molar-refractivity contribution in [2.24, 2.45) is 0 Å². The van der Waals surface area contributed by atoms with Crippen LogP contribution in [0.15, 0.2) is 78.9 Å². The second kappa shape index (κ2) is 11.9. The van der Waals surface area contributed by atoms with Gasteiger partial charge in [0.2, 0.25) is 0 Å². The van der Waals surface area contributed by atoms with E-state index in [1.807, 2.05) is 66.7 Å². The molecule has 0 atom stereocenters. The molecule has 5 aromatic carbocycles. The summed E-state index contributed by atoms with van der Waals surface area (Å²) in [5, 5.41) is 10.4. The third-order valence-electron chi connectivity index (χ3n) is 10.7. The van der Waals surface area contributed by atoms with Gasteiger partial charge in [-0.1, -0.05) is 60.7 Å². The van der Waals surface area contributed by atoms with Gasteiger partial charge in [0.05, 0.1) is 23.0 Å². The topological polar surface area (TPSA) is 65.7 Å². The van der Waals surface area contributed by atoms with Crippen LogP contribution in [-0.2, 0) is 6.42 Å². The fourth-order valence-electron chi connectivity index (χ4n) is 7.21. The average Bonchev–Trinajstić information content (AvgIpc) is 3.13. The van der Waals surface area contributed by atoms with Gasteiger partial charge < -0.3 is 4.90 Å². The van der Waals surface area contributed by atoms with Gasteiger partial charge in [-0.3, -0.25) is 0 Å². The number of nitriles is 1. The van der Waals surface area contributed by atoms with Crippen LogP contribution in [0.25, 0.3) is 34.2 Å². The lowest BCUT2D eigenvalue weighted by Crippen LogP contribution is -2.24. The summed E-state index contributed by atoms with van der Waals surface area (Å²) in [5.41, 5.74) is 19.7. The molecule has 0 radical (unpaired) electrons. The summed E-state index contributed by atoms with van der Waals surface area (Å²) in [5.74, 6) is 1.61. The third kappa shape index (κ3) is 4.88. The van der Waals surface area contributed by atoms with Gasteiger partial charge in [-0.25, -0.2) is 15.0 Å². The van der Waals surface area contributed by atoms with E-state index in [2.05, 4.69) is 78.5 Å². The molecule has 1 aliphatic heterocycles. The fourth-order valence-corrected chi connectivity index (χ4v) is 7.21. The Hall–Kier alpha value is -5.60. The van der Waals surface area contributed by atoms with Crippen LogP contribution in [-0.4, -0.2) is 15.0 Å². The largest absolute Gasteiger partial charge is 0.309 e. The lowest BCUT2D eigenvalue weighted by Gasteiger charge is -2.40. The number of hydrogen-bond donors (Lipinski definition) is 0. The molecule has 0 spiro atoms. The molecule has 0 saturated carbocycles. The molecule has 5 nitrogen and oxygen atoms in total. The van der Waals surface area contributed by atoms with Crippen molar-refractivity contribution in [1.29, 1.82) is 5.26 Å². The van der Waals surface area contributed by atoms with Crippen LogP contribution >= 0.6 is 0 Å². The average molecular weight is 626 g/mol. The van der Waals surface area contributed by atoms with Crippen molar-refractivity contribution in [1.82, 2.24) is 15.0 Å². The van der Waals surface area contributed by atoms with Crippen LogP contribution in [0.2, 0.25) is 0 Å². The van der Waals surface area contributed by atoms with E-state index in [-0.39, 0.29) is 0 Å². The molecule has 1 aliphatic rings. The molecule has 0 fully saturated rings. The highest BCUT2D eigenvalue weighted by atomic mass is 15.2. The summed E-state index contributed by atoms with van der Waals surface area (Å²) in [6.07, 6.45) is 0.889. The van der Waals surface area contributed by atoms with E-state index in [4.69, 9.17) is 15.0 Å². The van der Waals surface area contributed by atoms with E-state index >= 15 is 0 Å². The summed E-state index contributed by atoms with van der Waals surface area (Å²) in [6, 6.07) is 28.4. The number of aromatic nitrogens is 3. The molecule has 1 aromatic heterocycles. The molecule has 0 saturated heterocycles. The van der Waals surface area contributed by atoms with Gasteiger partial charge in [0, 0.05) is 28.8 Å². The zero-order chi connectivity index (χ0) is 33.9. The number of anilines is 3. The van der Waals surface area contributed by atoms with Gasteiger partial charge in [0.15, 0.2) is 17.5 Å². The zero-order valence-electron chi connectivity index (χ0n) is 28.9. The van der Waals surface area contributed by atoms with E-state index < -0.39 is 0 Å². The first-order chi connectivity index (χ1) is 23.1. The van der Waals surface area contributed by atoms with Crippen LogP contribution in [0, 0.1) is 66.7 Å². The molecule has 0 aliphatic carbocycles. The molecule has 7 rings (SSSR count). The molecule has 0 bridgehead atoms. The van der Waals surface area contributed by atoms with Gasteiger partial charge >= 0.3 is 0 Å². The van der Waals surface area contributed by atoms with Crippen molar-refractivity contribution >= 4 is 17.1 Å². The summed E-state index contributed by atoms with van der Waals surface area (Å²) >= 11 is 0. The fraction of sp³-hybridized carbons (Fsp3) is 0.209. The smallest absolute Gasteiger partial charge is 0.165 e. The second-order valence-electron chi connectivity index (χ2n) is 13.0. The molecule has 2 heterocycles. The van der Waals surface area contributed by atoms with Crippen LogP contribution < -0.4 is 4.90 Å². The zero-order valence-corrected chi connectivity index (χ0v) is 28.9. The van der Waals surface area contributed by atoms with Crippen LogP contribution in [0.3, 0.4) is 0 Å². The Balaban J connectivity index is 1.53. The summed E-state index contributed by atoms with van der Waals surface area (Å²) < 4.78 is 0. The lowest BCUT2D eigenvalue weighted by molar-refractivity contribution is 0.995. The molecule has 6 aromatic rings. The first kappa shape index (κ1) is 31.0. The normalized spacial score (nSPS) is 12.0. The minimum absolute atomic E-state index is 0.472. The number of fused-ring (bicyclic) bond motifs is 2. The van der Waals surface area contributed by atoms with Gasteiger partial charge in [-0.05, 0) is 129 Å². The Labute approximate surface area is 283 Å². The minimum atomic E-state index is 0.472. The first-order valence-corrected chi connectivity index (χ1v) is 16.5. The molecule has 236 valence electrons. The second-order valence-corrected chi connectivity index (χ2v) is 13.0. The van der Waals surface area contributed by atoms with E-state index in [1.54, 1.807) is 0 Å². The Morgan fingerprint density at radius 1 is 0.521 bits per heavy atom. The SMILES string of the molecule is Cc1c(C)c(C)c2c(c1C)Cc1c(C)c(C)c(C)c(C)c1N2c1ccc(C#N)c(-c2nc(-c3ccccc3)nc(-c3ccccc3)n2)c1. The van der Waals surface area contributed by atoms with E-state index in [0.29, 0.717) is 28.6 Å². The maximum Gasteiger partial charge on any atom is 0.165 e. The predicted molar refractivity (Wildman–Crippen MR) is 196 cm³/mol. The van der Waals surface area contributed by atoms with Crippen molar-refractivity contribution < 1.29 is 0 Å². The predicted octanol–water partition coefficient (Wildman–Crippen LogP) is 10.6. The maximum absolute atomic E-state index is 10.4. The summed E-state index contributed by atoms with van der Waals surface area (Å²) in [4.78, 5) is 17.3. The first-order valence-electron chi connectivity index (χ1n) is 16.5. The standard InChI is InChI=1S/C43H39N5/c1-24-26(3)30(7)39-36(28(24)5)22-37-29(6)25(2)27(4)31(8)40(37)48(39)35-20-19-34(23-44)38(21-35)43-46-41(32-15-11-9-12-16-32)45-42(47-43)33-17-13-10-14-18-33/h9-21H,22H2,1-8H3. The monoisotopic (exact) mass is 625 g/mol. The minimum Gasteiger partial charge on any atom is -0.309 e. The molecule has 48 heavy (non-hydrogen) atoms. The lowest BCUT2D eigenvalue weighted by atomic mass is 9.80. The van der Waals surface area contributed by atoms with E-state index in [0.717, 1.165) is 23.2 Å². The quantitative estimate of drug-likeness (QED) is 0.195. The van der Waals surface area contributed by atoms with E-state index in [1.165, 1.54) is 67.0 Å². The number of rotatable bonds is 4. The number of hydrogen-bond acceptors (Lipinski definition) is 5. The van der Waals surface area contributed by atoms with Gasteiger partial charge in [-0.15, -0.1) is 0 Å². The Morgan fingerprint density at radius 2 is 0.958 bits per heavy atom. The van der Waals surface area contributed by atoms with Crippen LogP contribution in [0.5, 0.6) is 0 Å².